The van der Waals surface area contributed by atoms with E-state index in [0.717, 1.165) is 20.2 Å². The number of hydrogen-bond acceptors (Lipinski definition) is 3. The van der Waals surface area contributed by atoms with Crippen LogP contribution in [-0.4, -0.2) is 0 Å². The number of halogens is 2. The Kier molecular flexibility index (Phi) is 4.48. The summed E-state index contributed by atoms with van der Waals surface area (Å²) in [4.78, 5) is 0. The molecule has 0 spiro atoms. The van der Waals surface area contributed by atoms with E-state index in [2.05, 4.69) is 37.2 Å². The first-order chi connectivity index (χ1) is 12.1. The molecule has 3 nitrogen and oxygen atoms in total. The van der Waals surface area contributed by atoms with E-state index in [1.807, 2.05) is 72.8 Å². The summed E-state index contributed by atoms with van der Waals surface area (Å²) >= 11 is 6.94. The van der Waals surface area contributed by atoms with E-state index in [-0.39, 0.29) is 0 Å². The fourth-order valence-electron chi connectivity index (χ4n) is 2.90. The summed E-state index contributed by atoms with van der Waals surface area (Å²) in [6.45, 7) is 0. The molecule has 4 rings (SSSR count). The molecule has 3 aromatic carbocycles. The molecule has 1 aliphatic heterocycles. The van der Waals surface area contributed by atoms with Crippen LogP contribution in [0, 0.1) is 0 Å². The minimum Gasteiger partial charge on any atom is -0.438 e. The second-order valence-electron chi connectivity index (χ2n) is 5.76. The molecule has 0 fully saturated rings. The molecule has 2 unspecified atom stereocenters. The topological polar surface area (TPSA) is 38.3 Å². The SMILES string of the molecule is O=P1(c2ccccc2)Oc2ccc(Br)cc2C1Nc1ccc(Br)cc1. The van der Waals surface area contributed by atoms with Crippen molar-refractivity contribution in [3.8, 4) is 5.75 Å². The Labute approximate surface area is 163 Å². The first-order valence-electron chi connectivity index (χ1n) is 7.73. The van der Waals surface area contributed by atoms with Gasteiger partial charge in [-0.1, -0.05) is 50.1 Å². The molecule has 0 saturated carbocycles. The highest BCUT2D eigenvalue weighted by Crippen LogP contribution is 2.65. The summed E-state index contributed by atoms with van der Waals surface area (Å²) in [6, 6.07) is 22.9. The zero-order valence-electron chi connectivity index (χ0n) is 13.0. The third kappa shape index (κ3) is 3.17. The fraction of sp³-hybridized carbons (Fsp3) is 0.0526. The van der Waals surface area contributed by atoms with Gasteiger partial charge in [-0.25, -0.2) is 0 Å². The average molecular weight is 479 g/mol. The number of benzene rings is 3. The van der Waals surface area contributed by atoms with Gasteiger partial charge in [0.1, 0.15) is 11.5 Å². The highest BCUT2D eigenvalue weighted by atomic mass is 79.9. The maximum atomic E-state index is 13.9. The Morgan fingerprint density at radius 1 is 0.880 bits per heavy atom. The normalized spacial score (nSPS) is 21.4. The summed E-state index contributed by atoms with van der Waals surface area (Å²) in [5.41, 5.74) is 1.78. The van der Waals surface area contributed by atoms with E-state index >= 15 is 0 Å². The summed E-state index contributed by atoms with van der Waals surface area (Å²) < 4.78 is 21.8. The quantitative estimate of drug-likeness (QED) is 0.448. The van der Waals surface area contributed by atoms with Crippen LogP contribution < -0.4 is 15.1 Å². The van der Waals surface area contributed by atoms with E-state index in [1.165, 1.54) is 0 Å². The average Bonchev–Trinajstić information content (AvgIpc) is 2.90. The molecule has 0 aromatic heterocycles. The Balaban J connectivity index is 1.81. The van der Waals surface area contributed by atoms with Gasteiger partial charge in [0.2, 0.25) is 0 Å². The second kappa shape index (κ2) is 6.64. The number of rotatable bonds is 3. The Morgan fingerprint density at radius 2 is 1.56 bits per heavy atom. The van der Waals surface area contributed by atoms with Crippen LogP contribution in [0.3, 0.4) is 0 Å². The van der Waals surface area contributed by atoms with Crippen LogP contribution in [0.5, 0.6) is 5.75 Å². The van der Waals surface area contributed by atoms with Crippen LogP contribution >= 0.6 is 39.2 Å². The molecule has 126 valence electrons. The van der Waals surface area contributed by atoms with Crippen molar-refractivity contribution in [3.63, 3.8) is 0 Å². The van der Waals surface area contributed by atoms with Crippen molar-refractivity contribution >= 4 is 50.2 Å². The smallest absolute Gasteiger partial charge is 0.303 e. The van der Waals surface area contributed by atoms with Crippen LogP contribution in [0.15, 0.2) is 81.7 Å². The molecule has 3 aromatic rings. The zero-order valence-corrected chi connectivity index (χ0v) is 17.1. The molecule has 0 aliphatic carbocycles. The summed E-state index contributed by atoms with van der Waals surface area (Å²) in [6.07, 6.45) is 0. The zero-order chi connectivity index (χ0) is 17.4. The highest BCUT2D eigenvalue weighted by molar-refractivity contribution is 9.10. The van der Waals surface area contributed by atoms with E-state index in [9.17, 15) is 4.57 Å². The predicted octanol–water partition coefficient (Wildman–Crippen LogP) is 6.32. The number of fused-ring (bicyclic) bond motifs is 1. The lowest BCUT2D eigenvalue weighted by Gasteiger charge is -2.22. The van der Waals surface area contributed by atoms with Gasteiger partial charge in [0.25, 0.3) is 0 Å². The van der Waals surface area contributed by atoms with E-state index < -0.39 is 13.2 Å². The molecule has 6 heteroatoms. The maximum Gasteiger partial charge on any atom is 0.303 e. The predicted molar refractivity (Wildman–Crippen MR) is 109 cm³/mol. The summed E-state index contributed by atoms with van der Waals surface area (Å²) in [5.74, 6) is 0.216. The molecule has 25 heavy (non-hydrogen) atoms. The molecule has 0 radical (unpaired) electrons. The lowest BCUT2D eigenvalue weighted by molar-refractivity contribution is 0.501. The maximum absolute atomic E-state index is 13.9. The van der Waals surface area contributed by atoms with Gasteiger partial charge >= 0.3 is 7.37 Å². The number of nitrogens with one attached hydrogen (secondary N) is 1. The molecule has 1 heterocycles. The van der Waals surface area contributed by atoms with Crippen molar-refractivity contribution < 1.29 is 9.09 Å². The molecular weight excluding hydrogens is 465 g/mol. The first-order valence-corrected chi connectivity index (χ1v) is 11.0. The van der Waals surface area contributed by atoms with Crippen molar-refractivity contribution in [1.29, 1.82) is 0 Å². The van der Waals surface area contributed by atoms with Gasteiger partial charge in [-0.05, 0) is 54.6 Å². The summed E-state index contributed by atoms with van der Waals surface area (Å²) in [7, 11) is -3.16. The van der Waals surface area contributed by atoms with Crippen molar-refractivity contribution in [2.45, 2.75) is 5.78 Å². The van der Waals surface area contributed by atoms with Crippen LogP contribution in [-0.2, 0) is 4.57 Å². The highest BCUT2D eigenvalue weighted by Gasteiger charge is 2.46. The summed E-state index contributed by atoms with van der Waals surface area (Å²) in [5, 5.41) is 4.12. The van der Waals surface area contributed by atoms with Gasteiger partial charge in [0.05, 0.1) is 5.30 Å². The molecule has 1 aliphatic rings. The van der Waals surface area contributed by atoms with Crippen molar-refractivity contribution in [1.82, 2.24) is 0 Å². The minimum absolute atomic E-state index is 0.441. The van der Waals surface area contributed by atoms with E-state index in [0.29, 0.717) is 11.1 Å². The van der Waals surface area contributed by atoms with Crippen LogP contribution in [0.25, 0.3) is 0 Å². The van der Waals surface area contributed by atoms with Crippen molar-refractivity contribution in [2.75, 3.05) is 5.32 Å². The number of anilines is 1. The van der Waals surface area contributed by atoms with Gasteiger partial charge in [-0.2, -0.15) is 0 Å². The van der Waals surface area contributed by atoms with Crippen molar-refractivity contribution in [2.24, 2.45) is 0 Å². The van der Waals surface area contributed by atoms with Crippen LogP contribution in [0.1, 0.15) is 11.3 Å². The first kappa shape index (κ1) is 16.9. The molecule has 2 atom stereocenters. The van der Waals surface area contributed by atoms with Gasteiger partial charge in [0.15, 0.2) is 0 Å². The van der Waals surface area contributed by atoms with E-state index in [4.69, 9.17) is 4.52 Å². The molecular formula is C19H14Br2NO2P. The largest absolute Gasteiger partial charge is 0.438 e. The third-order valence-electron chi connectivity index (χ3n) is 4.10. The monoisotopic (exact) mass is 477 g/mol. The van der Waals surface area contributed by atoms with Gasteiger partial charge in [-0.3, -0.25) is 4.57 Å². The van der Waals surface area contributed by atoms with Crippen LogP contribution in [0.2, 0.25) is 0 Å². The van der Waals surface area contributed by atoms with Gasteiger partial charge < -0.3 is 9.84 Å². The molecule has 0 amide bonds. The van der Waals surface area contributed by atoms with E-state index in [1.54, 1.807) is 0 Å². The lowest BCUT2D eigenvalue weighted by atomic mass is 10.2. The van der Waals surface area contributed by atoms with Crippen LogP contribution in [0.4, 0.5) is 5.69 Å². The number of hydrogen-bond donors (Lipinski definition) is 1. The third-order valence-corrected chi connectivity index (χ3v) is 7.70. The fourth-order valence-corrected chi connectivity index (χ4v) is 5.99. The van der Waals surface area contributed by atoms with Crippen molar-refractivity contribution in [3.05, 3.63) is 87.3 Å². The molecule has 0 saturated heterocycles. The second-order valence-corrected chi connectivity index (χ2v) is 10.0. The Bertz CT molecular complexity index is 961. The Morgan fingerprint density at radius 3 is 2.28 bits per heavy atom. The Hall–Kier alpha value is -1.55. The minimum atomic E-state index is -3.16. The molecule has 1 N–H and O–H groups in total. The standard InChI is InChI=1S/C19H14Br2NO2P/c20-13-6-9-15(10-7-13)22-19-17-12-14(21)8-11-18(17)24-25(19,23)16-4-2-1-3-5-16/h1-12,19,22H. The van der Waals surface area contributed by atoms with Gasteiger partial charge in [-0.15, -0.1) is 0 Å². The molecule has 0 bridgehead atoms. The lowest BCUT2D eigenvalue weighted by Crippen LogP contribution is -2.16. The van der Waals surface area contributed by atoms with Gasteiger partial charge in [0, 0.05) is 20.2 Å².